The summed E-state index contributed by atoms with van der Waals surface area (Å²) in [4.78, 5) is 0. The van der Waals surface area contributed by atoms with Crippen molar-refractivity contribution in [3.63, 3.8) is 0 Å². The van der Waals surface area contributed by atoms with Crippen LogP contribution in [0.15, 0.2) is 18.2 Å². The highest BCUT2D eigenvalue weighted by Crippen LogP contribution is 2.24. The van der Waals surface area contributed by atoms with Gasteiger partial charge < -0.3 is 11.1 Å². The fraction of sp³-hybridized carbons (Fsp3) is 0.400. The number of halogens is 1. The summed E-state index contributed by atoms with van der Waals surface area (Å²) < 4.78 is 0. The molecule has 1 aromatic rings. The molecule has 1 atom stereocenters. The van der Waals surface area contributed by atoms with Gasteiger partial charge in [-0.1, -0.05) is 6.07 Å². The normalized spacial score (nSPS) is 20.2. The van der Waals surface area contributed by atoms with Crippen molar-refractivity contribution in [3.8, 4) is 0 Å². The molecule has 0 aromatic heterocycles. The van der Waals surface area contributed by atoms with Gasteiger partial charge in [0.2, 0.25) is 0 Å². The van der Waals surface area contributed by atoms with Crippen LogP contribution in [-0.2, 0) is 6.42 Å². The second kappa shape index (κ2) is 3.99. The Bertz CT molecular complexity index is 299. The van der Waals surface area contributed by atoms with E-state index in [1.807, 2.05) is 6.07 Å². The van der Waals surface area contributed by atoms with E-state index in [-0.39, 0.29) is 12.4 Å². The maximum Gasteiger partial charge on any atom is 0.0317 e. The molecule has 1 unspecified atom stereocenters. The summed E-state index contributed by atoms with van der Waals surface area (Å²) in [6.07, 6.45) is 1.12. The molecular formula is C10H15ClN2. The minimum atomic E-state index is 0. The molecule has 1 aromatic carbocycles. The first-order valence-corrected chi connectivity index (χ1v) is 4.39. The number of nitrogens with one attached hydrogen (secondary N) is 1. The summed E-state index contributed by atoms with van der Waals surface area (Å²) >= 11 is 0. The molecule has 1 heterocycles. The summed E-state index contributed by atoms with van der Waals surface area (Å²) in [5, 5.41) is 3.41. The second-order valence-corrected chi connectivity index (χ2v) is 3.38. The van der Waals surface area contributed by atoms with Gasteiger partial charge in [-0.25, -0.2) is 0 Å². The summed E-state index contributed by atoms with van der Waals surface area (Å²) in [6.45, 7) is 3.26. The van der Waals surface area contributed by atoms with Crippen LogP contribution in [0.1, 0.15) is 24.1 Å². The Kier molecular flexibility index (Phi) is 3.17. The van der Waals surface area contributed by atoms with Gasteiger partial charge in [-0.05, 0) is 43.1 Å². The third kappa shape index (κ3) is 1.95. The SMILES string of the molecule is CC1NCCc2ccc(N)cc21.Cl. The summed E-state index contributed by atoms with van der Waals surface area (Å²) in [6, 6.07) is 6.66. The Morgan fingerprint density at radius 3 is 3.00 bits per heavy atom. The van der Waals surface area contributed by atoms with Crippen molar-refractivity contribution in [2.45, 2.75) is 19.4 Å². The largest absolute Gasteiger partial charge is 0.399 e. The average Bonchev–Trinajstić information content (AvgIpc) is 2.07. The molecule has 72 valence electrons. The lowest BCUT2D eigenvalue weighted by Gasteiger charge is -2.23. The molecule has 0 saturated heterocycles. The van der Waals surface area contributed by atoms with Gasteiger partial charge in [0.25, 0.3) is 0 Å². The van der Waals surface area contributed by atoms with Crippen LogP contribution in [0.2, 0.25) is 0 Å². The third-order valence-electron chi connectivity index (χ3n) is 2.48. The van der Waals surface area contributed by atoms with Crippen molar-refractivity contribution in [2.24, 2.45) is 0 Å². The van der Waals surface area contributed by atoms with Crippen molar-refractivity contribution in [1.82, 2.24) is 5.32 Å². The Morgan fingerprint density at radius 2 is 2.23 bits per heavy atom. The number of nitrogens with two attached hydrogens (primary N) is 1. The third-order valence-corrected chi connectivity index (χ3v) is 2.48. The van der Waals surface area contributed by atoms with Crippen LogP contribution in [0.5, 0.6) is 0 Å². The molecule has 2 rings (SSSR count). The van der Waals surface area contributed by atoms with Gasteiger partial charge in [0, 0.05) is 11.7 Å². The molecule has 3 heteroatoms. The lowest BCUT2D eigenvalue weighted by atomic mass is 9.95. The van der Waals surface area contributed by atoms with E-state index in [2.05, 4.69) is 24.4 Å². The predicted octanol–water partition coefficient (Wildman–Crippen LogP) is 1.90. The monoisotopic (exact) mass is 198 g/mol. The van der Waals surface area contributed by atoms with E-state index in [4.69, 9.17) is 5.73 Å². The van der Waals surface area contributed by atoms with Gasteiger partial charge in [-0.15, -0.1) is 12.4 Å². The quantitative estimate of drug-likeness (QED) is 0.625. The fourth-order valence-electron chi connectivity index (χ4n) is 1.78. The van der Waals surface area contributed by atoms with Gasteiger partial charge in [0.05, 0.1) is 0 Å². The lowest BCUT2D eigenvalue weighted by molar-refractivity contribution is 0.541. The van der Waals surface area contributed by atoms with E-state index in [0.717, 1.165) is 18.7 Å². The standard InChI is InChI=1S/C10H14N2.ClH/c1-7-10-6-9(11)3-2-8(10)4-5-12-7;/h2-3,6-7,12H,4-5,11H2,1H3;1H. The van der Waals surface area contributed by atoms with Crippen LogP contribution in [0.4, 0.5) is 5.69 Å². The molecule has 0 fully saturated rings. The topological polar surface area (TPSA) is 38.0 Å². The molecule has 3 N–H and O–H groups in total. The molecule has 2 nitrogen and oxygen atoms in total. The first-order valence-electron chi connectivity index (χ1n) is 4.39. The van der Waals surface area contributed by atoms with Gasteiger partial charge in [0.15, 0.2) is 0 Å². The lowest BCUT2D eigenvalue weighted by Crippen LogP contribution is -2.27. The van der Waals surface area contributed by atoms with Crippen LogP contribution >= 0.6 is 12.4 Å². The predicted molar refractivity (Wildman–Crippen MR) is 58.2 cm³/mol. The second-order valence-electron chi connectivity index (χ2n) is 3.38. The zero-order chi connectivity index (χ0) is 8.55. The van der Waals surface area contributed by atoms with E-state index < -0.39 is 0 Å². The molecule has 0 aliphatic carbocycles. The Balaban J connectivity index is 0.000000845. The number of nitrogen functional groups attached to an aromatic ring is 1. The zero-order valence-electron chi connectivity index (χ0n) is 7.71. The number of rotatable bonds is 0. The number of hydrogen-bond donors (Lipinski definition) is 2. The molecule has 13 heavy (non-hydrogen) atoms. The van der Waals surface area contributed by atoms with Crippen molar-refractivity contribution in [3.05, 3.63) is 29.3 Å². The van der Waals surface area contributed by atoms with Crippen LogP contribution < -0.4 is 11.1 Å². The van der Waals surface area contributed by atoms with Crippen molar-refractivity contribution in [1.29, 1.82) is 0 Å². The average molecular weight is 199 g/mol. The van der Waals surface area contributed by atoms with Crippen LogP contribution in [0.3, 0.4) is 0 Å². The molecule has 0 spiro atoms. The minimum absolute atomic E-state index is 0. The molecule has 0 amide bonds. The highest BCUT2D eigenvalue weighted by atomic mass is 35.5. The van der Waals surface area contributed by atoms with E-state index >= 15 is 0 Å². The molecule has 0 radical (unpaired) electrons. The maximum atomic E-state index is 5.72. The van der Waals surface area contributed by atoms with Gasteiger partial charge >= 0.3 is 0 Å². The summed E-state index contributed by atoms with van der Waals surface area (Å²) in [7, 11) is 0. The van der Waals surface area contributed by atoms with Gasteiger partial charge in [-0.2, -0.15) is 0 Å². The Labute approximate surface area is 84.9 Å². The fourth-order valence-corrected chi connectivity index (χ4v) is 1.78. The van der Waals surface area contributed by atoms with Crippen molar-refractivity contribution in [2.75, 3.05) is 12.3 Å². The van der Waals surface area contributed by atoms with Crippen LogP contribution in [-0.4, -0.2) is 6.54 Å². The number of fused-ring (bicyclic) bond motifs is 1. The van der Waals surface area contributed by atoms with Crippen LogP contribution in [0.25, 0.3) is 0 Å². The highest BCUT2D eigenvalue weighted by Gasteiger charge is 2.14. The molecule has 1 aliphatic heterocycles. The van der Waals surface area contributed by atoms with E-state index in [1.54, 1.807) is 0 Å². The molecule has 1 aliphatic rings. The Morgan fingerprint density at radius 1 is 1.46 bits per heavy atom. The number of hydrogen-bond acceptors (Lipinski definition) is 2. The first kappa shape index (κ1) is 10.4. The van der Waals surface area contributed by atoms with E-state index in [1.165, 1.54) is 11.1 Å². The van der Waals surface area contributed by atoms with E-state index in [0.29, 0.717) is 6.04 Å². The highest BCUT2D eigenvalue weighted by molar-refractivity contribution is 5.85. The molecular weight excluding hydrogens is 184 g/mol. The summed E-state index contributed by atoms with van der Waals surface area (Å²) in [5.74, 6) is 0. The number of benzene rings is 1. The van der Waals surface area contributed by atoms with Crippen molar-refractivity contribution < 1.29 is 0 Å². The van der Waals surface area contributed by atoms with Crippen molar-refractivity contribution >= 4 is 18.1 Å². The minimum Gasteiger partial charge on any atom is -0.399 e. The first-order chi connectivity index (χ1) is 5.77. The zero-order valence-corrected chi connectivity index (χ0v) is 8.53. The molecule has 0 saturated carbocycles. The van der Waals surface area contributed by atoms with Gasteiger partial charge in [-0.3, -0.25) is 0 Å². The smallest absolute Gasteiger partial charge is 0.0317 e. The van der Waals surface area contributed by atoms with E-state index in [9.17, 15) is 0 Å². The molecule has 0 bridgehead atoms. The number of anilines is 1. The van der Waals surface area contributed by atoms with Gasteiger partial charge in [0.1, 0.15) is 0 Å². The Hall–Kier alpha value is -0.730. The van der Waals surface area contributed by atoms with Crippen LogP contribution in [0, 0.1) is 0 Å². The summed E-state index contributed by atoms with van der Waals surface area (Å²) in [5.41, 5.74) is 9.38. The maximum absolute atomic E-state index is 5.72.